The maximum atomic E-state index is 14.7. The second-order valence-corrected chi connectivity index (χ2v) is 10.0. The lowest BCUT2D eigenvalue weighted by molar-refractivity contribution is -0.122. The fraction of sp³-hybridized carbons (Fsp3) is 0.222. The summed E-state index contributed by atoms with van der Waals surface area (Å²) in [5, 5.41) is 14.2. The lowest BCUT2D eigenvalue weighted by Gasteiger charge is -2.34. The SMILES string of the molecule is CN1C(=O)[C@@H](N2CCc3c(nn(Cc4ccccc4)c3Cl)C2=O)Cc2nn(-c3ccon3)c3cc(F)cc1c23. The molecule has 1 atom stereocenters. The summed E-state index contributed by atoms with van der Waals surface area (Å²) in [4.78, 5) is 30.4. The Labute approximate surface area is 226 Å². The monoisotopic (exact) mass is 545 g/mol. The Hall–Kier alpha value is -4.51. The summed E-state index contributed by atoms with van der Waals surface area (Å²) in [5.74, 6) is -0.851. The summed E-state index contributed by atoms with van der Waals surface area (Å²) in [6.45, 7) is 0.702. The molecule has 5 heterocycles. The molecule has 196 valence electrons. The molecule has 0 fully saturated rings. The molecular formula is C27H21ClFN7O3. The predicted molar refractivity (Wildman–Crippen MR) is 140 cm³/mol. The average molecular weight is 546 g/mol. The van der Waals surface area contributed by atoms with Crippen molar-refractivity contribution in [1.82, 2.24) is 29.6 Å². The average Bonchev–Trinajstić information content (AvgIpc) is 3.65. The Bertz CT molecular complexity index is 1760. The number of aromatic nitrogens is 5. The van der Waals surface area contributed by atoms with E-state index in [1.165, 1.54) is 32.9 Å². The number of nitrogens with zero attached hydrogens (tertiary/aromatic N) is 7. The van der Waals surface area contributed by atoms with Crippen LogP contribution < -0.4 is 4.90 Å². The van der Waals surface area contributed by atoms with E-state index in [9.17, 15) is 14.0 Å². The van der Waals surface area contributed by atoms with Crippen LogP contribution in [0.4, 0.5) is 10.1 Å². The third kappa shape index (κ3) is 3.64. The minimum atomic E-state index is -0.868. The van der Waals surface area contributed by atoms with Crippen LogP contribution in [0.25, 0.3) is 16.7 Å². The highest BCUT2D eigenvalue weighted by Gasteiger charge is 2.41. The van der Waals surface area contributed by atoms with Crippen LogP contribution in [0.5, 0.6) is 0 Å². The molecule has 0 unspecified atom stereocenters. The normalized spacial score (nSPS) is 17.2. The summed E-state index contributed by atoms with van der Waals surface area (Å²) in [5.41, 5.74) is 3.29. The summed E-state index contributed by atoms with van der Waals surface area (Å²) in [6, 6.07) is 13.1. The number of halogens is 2. The number of hydrogen-bond donors (Lipinski definition) is 0. The molecule has 0 spiro atoms. The molecular weight excluding hydrogens is 525 g/mol. The minimum absolute atomic E-state index is 0.142. The predicted octanol–water partition coefficient (Wildman–Crippen LogP) is 3.64. The molecule has 12 heteroatoms. The molecule has 0 saturated carbocycles. The fourth-order valence-electron chi connectivity index (χ4n) is 5.52. The summed E-state index contributed by atoms with van der Waals surface area (Å²) < 4.78 is 22.8. The molecule has 0 aliphatic carbocycles. The number of hydrogen-bond acceptors (Lipinski definition) is 6. The number of carbonyl (C=O) groups is 2. The highest BCUT2D eigenvalue weighted by atomic mass is 35.5. The van der Waals surface area contributed by atoms with Gasteiger partial charge in [-0.25, -0.2) is 13.8 Å². The fourth-order valence-corrected chi connectivity index (χ4v) is 5.80. The number of benzene rings is 2. The summed E-state index contributed by atoms with van der Waals surface area (Å²) >= 11 is 6.64. The van der Waals surface area contributed by atoms with Crippen molar-refractivity contribution >= 4 is 40.0 Å². The minimum Gasteiger partial charge on any atom is -0.363 e. The van der Waals surface area contributed by atoms with Gasteiger partial charge in [0.15, 0.2) is 11.5 Å². The van der Waals surface area contributed by atoms with E-state index < -0.39 is 11.9 Å². The zero-order chi connectivity index (χ0) is 26.8. The van der Waals surface area contributed by atoms with Crippen molar-refractivity contribution in [1.29, 1.82) is 0 Å². The Kier molecular flexibility index (Phi) is 5.31. The van der Waals surface area contributed by atoms with Gasteiger partial charge in [-0.3, -0.25) is 9.59 Å². The standard InChI is InChI=1S/C27H21ClFN7O3/c1-33-19-11-16(29)12-20-23(19)18(30-36(20)22-8-10-39-32-22)13-21(26(33)37)34-9-7-17-24(27(34)38)31-35(25(17)28)14-15-5-3-2-4-6-15/h2-6,8,10-12,21H,7,9,13-14H2,1H3/t21-/m0/s1. The smallest absolute Gasteiger partial charge is 0.275 e. The largest absolute Gasteiger partial charge is 0.363 e. The van der Waals surface area contributed by atoms with E-state index in [1.54, 1.807) is 17.8 Å². The van der Waals surface area contributed by atoms with E-state index in [4.69, 9.17) is 16.1 Å². The Morgan fingerprint density at radius 1 is 1.13 bits per heavy atom. The second kappa shape index (κ2) is 8.77. The number of fused-ring (bicyclic) bond motifs is 1. The van der Waals surface area contributed by atoms with Gasteiger partial charge >= 0.3 is 0 Å². The first-order valence-corrected chi connectivity index (χ1v) is 12.8. The van der Waals surface area contributed by atoms with E-state index in [-0.39, 0.29) is 30.5 Å². The first kappa shape index (κ1) is 23.6. The van der Waals surface area contributed by atoms with Gasteiger partial charge in [-0.05, 0) is 18.1 Å². The van der Waals surface area contributed by atoms with Crippen LogP contribution in [0.3, 0.4) is 0 Å². The van der Waals surface area contributed by atoms with E-state index in [2.05, 4.69) is 15.4 Å². The van der Waals surface area contributed by atoms with Gasteiger partial charge in [0.2, 0.25) is 5.91 Å². The van der Waals surface area contributed by atoms with Crippen LogP contribution in [-0.4, -0.2) is 61.1 Å². The van der Waals surface area contributed by atoms with Gasteiger partial charge in [0.25, 0.3) is 5.91 Å². The zero-order valence-electron chi connectivity index (χ0n) is 20.7. The van der Waals surface area contributed by atoms with E-state index in [0.717, 1.165) is 5.56 Å². The Balaban J connectivity index is 1.27. The lowest BCUT2D eigenvalue weighted by atomic mass is 10.0. The van der Waals surface area contributed by atoms with Gasteiger partial charge in [-0.15, -0.1) is 0 Å². The number of likely N-dealkylation sites (N-methyl/N-ethyl adjacent to an activating group) is 1. The van der Waals surface area contributed by atoms with Crippen LogP contribution in [0, 0.1) is 5.82 Å². The van der Waals surface area contributed by atoms with E-state index in [0.29, 0.717) is 51.8 Å². The summed E-state index contributed by atoms with van der Waals surface area (Å²) in [6.07, 6.45) is 1.99. The van der Waals surface area contributed by atoms with E-state index in [1.807, 2.05) is 30.3 Å². The molecule has 0 bridgehead atoms. The molecule has 10 nitrogen and oxygen atoms in total. The first-order chi connectivity index (χ1) is 18.9. The van der Waals surface area contributed by atoms with Crippen molar-refractivity contribution in [3.05, 3.63) is 88.3 Å². The molecule has 5 aromatic rings. The first-order valence-electron chi connectivity index (χ1n) is 12.4. The molecule has 2 aromatic carbocycles. The third-order valence-corrected chi connectivity index (χ3v) is 7.83. The number of anilines is 1. The van der Waals surface area contributed by atoms with Gasteiger partial charge in [0, 0.05) is 43.1 Å². The van der Waals surface area contributed by atoms with Crippen LogP contribution >= 0.6 is 11.6 Å². The number of amides is 2. The van der Waals surface area contributed by atoms with Crippen LogP contribution in [0.2, 0.25) is 5.15 Å². The van der Waals surface area contributed by atoms with Gasteiger partial charge in [-0.2, -0.15) is 10.2 Å². The molecule has 0 radical (unpaired) electrons. The molecule has 0 N–H and O–H groups in total. The second-order valence-electron chi connectivity index (χ2n) is 9.66. The molecule has 39 heavy (non-hydrogen) atoms. The lowest BCUT2D eigenvalue weighted by Crippen LogP contribution is -2.53. The number of rotatable bonds is 4. The highest BCUT2D eigenvalue weighted by molar-refractivity contribution is 6.31. The van der Waals surface area contributed by atoms with Crippen molar-refractivity contribution in [3.8, 4) is 5.82 Å². The topological polar surface area (TPSA) is 102 Å². The van der Waals surface area contributed by atoms with Crippen LogP contribution in [-0.2, 0) is 24.2 Å². The maximum Gasteiger partial charge on any atom is 0.275 e. The Morgan fingerprint density at radius 3 is 2.72 bits per heavy atom. The molecule has 7 rings (SSSR count). The van der Waals surface area contributed by atoms with Crippen molar-refractivity contribution in [2.24, 2.45) is 0 Å². The highest BCUT2D eigenvalue weighted by Crippen LogP contribution is 2.37. The van der Waals surface area contributed by atoms with Crippen LogP contribution in [0.15, 0.2) is 59.3 Å². The maximum absolute atomic E-state index is 14.7. The molecule has 2 aliphatic heterocycles. The third-order valence-electron chi connectivity index (χ3n) is 7.40. The molecule has 0 saturated heterocycles. The Morgan fingerprint density at radius 2 is 1.95 bits per heavy atom. The zero-order valence-corrected chi connectivity index (χ0v) is 21.5. The quantitative estimate of drug-likeness (QED) is 0.342. The molecule has 2 amide bonds. The molecule has 2 aliphatic rings. The summed E-state index contributed by atoms with van der Waals surface area (Å²) in [7, 11) is 1.58. The van der Waals surface area contributed by atoms with Gasteiger partial charge in [0.1, 0.15) is 23.3 Å². The number of carbonyl (C=O) groups excluding carboxylic acids is 2. The van der Waals surface area contributed by atoms with Gasteiger partial charge in [0.05, 0.1) is 23.4 Å². The van der Waals surface area contributed by atoms with Crippen LogP contribution in [0.1, 0.15) is 27.3 Å². The van der Waals surface area contributed by atoms with Crippen molar-refractivity contribution in [3.63, 3.8) is 0 Å². The molecule has 3 aromatic heterocycles. The van der Waals surface area contributed by atoms with Crippen molar-refractivity contribution in [2.75, 3.05) is 18.5 Å². The van der Waals surface area contributed by atoms with Gasteiger partial charge in [-0.1, -0.05) is 47.1 Å². The van der Waals surface area contributed by atoms with E-state index >= 15 is 0 Å². The van der Waals surface area contributed by atoms with Crippen molar-refractivity contribution in [2.45, 2.75) is 25.4 Å². The van der Waals surface area contributed by atoms with Crippen molar-refractivity contribution < 1.29 is 18.5 Å². The van der Waals surface area contributed by atoms with Gasteiger partial charge < -0.3 is 14.3 Å².